The van der Waals surface area contributed by atoms with Crippen molar-refractivity contribution in [3.8, 4) is 28.5 Å². The van der Waals surface area contributed by atoms with Gasteiger partial charge >= 0.3 is 6.09 Å². The van der Waals surface area contributed by atoms with E-state index in [9.17, 15) is 4.79 Å². The van der Waals surface area contributed by atoms with Crippen LogP contribution in [0.3, 0.4) is 0 Å². The SMILES string of the molecule is COCOc1cc(-c2ncc(C(=S)N3C[C@@H]4[C@H]3CCN4C(=O)OC(C)(C)C)c(N)c2F)c2c(C#C[Si](C(C)C)(C(C)C)C(C)C)cccc2c1. The average molecular weight is 719 g/mol. The molecule has 2 aromatic carbocycles. The molecule has 2 fully saturated rings. The maximum atomic E-state index is 16.6. The number of pyridine rings is 1. The molecule has 0 spiro atoms. The quantitative estimate of drug-likeness (QED) is 0.107. The van der Waals surface area contributed by atoms with Crippen molar-refractivity contribution in [2.45, 2.75) is 103 Å². The number of nitrogens with two attached hydrogens (primary N) is 1. The second-order valence-electron chi connectivity index (χ2n) is 15.4. The number of aromatic nitrogens is 1. The number of halogens is 1. The van der Waals surface area contributed by atoms with Gasteiger partial charge in [-0.25, -0.2) is 9.18 Å². The maximum absolute atomic E-state index is 16.6. The summed E-state index contributed by atoms with van der Waals surface area (Å²) in [6.45, 7) is 20.4. The molecule has 3 heterocycles. The van der Waals surface area contributed by atoms with Gasteiger partial charge in [-0.3, -0.25) is 4.98 Å². The number of nitrogen functional groups attached to an aromatic ring is 1. The number of fused-ring (bicyclic) bond motifs is 2. The monoisotopic (exact) mass is 718 g/mol. The number of benzene rings is 2. The number of ether oxygens (including phenoxy) is 3. The Morgan fingerprint density at radius 1 is 1.10 bits per heavy atom. The number of amides is 1. The summed E-state index contributed by atoms with van der Waals surface area (Å²) in [6.07, 6.45) is 1.96. The van der Waals surface area contributed by atoms with E-state index in [0.29, 0.717) is 51.6 Å². The van der Waals surface area contributed by atoms with Gasteiger partial charge < -0.3 is 29.7 Å². The first kappa shape index (κ1) is 37.5. The normalized spacial score (nSPS) is 17.6. The minimum Gasteiger partial charge on any atom is -0.468 e. The maximum Gasteiger partial charge on any atom is 0.410 e. The van der Waals surface area contributed by atoms with E-state index in [2.05, 4.69) is 58.0 Å². The molecule has 1 aromatic heterocycles. The molecule has 2 atom stereocenters. The molecule has 2 N–H and O–H groups in total. The predicted octanol–water partition coefficient (Wildman–Crippen LogP) is 8.54. The first-order valence-electron chi connectivity index (χ1n) is 17.5. The van der Waals surface area contributed by atoms with Crippen molar-refractivity contribution in [1.29, 1.82) is 0 Å². The molecular formula is C39H51FN4O4SSi. The van der Waals surface area contributed by atoms with E-state index in [-0.39, 0.29) is 36.4 Å². The van der Waals surface area contributed by atoms with Crippen molar-refractivity contribution in [1.82, 2.24) is 14.8 Å². The Bertz CT molecular complexity index is 1830. The summed E-state index contributed by atoms with van der Waals surface area (Å²) in [5.74, 6) is 3.44. The third-order valence-corrected chi connectivity index (χ3v) is 17.0. The minimum atomic E-state index is -2.06. The van der Waals surface area contributed by atoms with Crippen molar-refractivity contribution in [2.75, 3.05) is 32.7 Å². The van der Waals surface area contributed by atoms with Gasteiger partial charge in [-0.15, -0.1) is 5.54 Å². The zero-order valence-electron chi connectivity index (χ0n) is 31.0. The van der Waals surface area contributed by atoms with Gasteiger partial charge in [0.15, 0.2) is 12.6 Å². The highest BCUT2D eigenvalue weighted by Crippen LogP contribution is 2.42. The van der Waals surface area contributed by atoms with Crippen molar-refractivity contribution < 1.29 is 23.4 Å². The molecular weight excluding hydrogens is 668 g/mol. The van der Waals surface area contributed by atoms with Crippen LogP contribution in [0, 0.1) is 17.3 Å². The van der Waals surface area contributed by atoms with Crippen LogP contribution in [0.25, 0.3) is 22.0 Å². The number of carbonyl (C=O) groups excluding carboxylic acids is 1. The highest BCUT2D eigenvalue weighted by atomic mass is 32.1. The minimum absolute atomic E-state index is 0.00929. The fourth-order valence-electron chi connectivity index (χ4n) is 7.93. The number of thiocarbonyl (C=S) groups is 1. The molecule has 2 saturated heterocycles. The van der Waals surface area contributed by atoms with Gasteiger partial charge in [0.05, 0.1) is 23.3 Å². The molecule has 5 rings (SSSR count). The first-order valence-corrected chi connectivity index (χ1v) is 20.1. The summed E-state index contributed by atoms with van der Waals surface area (Å²) in [7, 11) is -0.512. The summed E-state index contributed by atoms with van der Waals surface area (Å²) < 4.78 is 33.2. The van der Waals surface area contributed by atoms with Crippen molar-refractivity contribution >= 4 is 47.8 Å². The first-order chi connectivity index (χ1) is 23.5. The molecule has 0 saturated carbocycles. The summed E-state index contributed by atoms with van der Waals surface area (Å²) in [5, 5.41) is 1.62. The molecule has 2 aliphatic heterocycles. The molecule has 11 heteroatoms. The lowest BCUT2D eigenvalue weighted by molar-refractivity contribution is 0.00639. The molecule has 2 aliphatic rings. The number of hydrogen-bond donors (Lipinski definition) is 1. The van der Waals surface area contributed by atoms with Crippen LogP contribution in [-0.2, 0) is 9.47 Å². The van der Waals surface area contributed by atoms with E-state index in [1.165, 1.54) is 0 Å². The summed E-state index contributed by atoms with van der Waals surface area (Å²) in [6, 6.07) is 9.59. The van der Waals surface area contributed by atoms with Gasteiger partial charge in [-0.1, -0.05) is 71.8 Å². The van der Waals surface area contributed by atoms with Gasteiger partial charge in [-0.05, 0) is 67.4 Å². The lowest BCUT2D eigenvalue weighted by Crippen LogP contribution is -2.64. The van der Waals surface area contributed by atoms with Crippen LogP contribution in [0.5, 0.6) is 5.75 Å². The second kappa shape index (κ2) is 14.5. The number of carbonyl (C=O) groups is 1. The van der Waals surface area contributed by atoms with Gasteiger partial charge in [-0.2, -0.15) is 0 Å². The zero-order chi connectivity index (χ0) is 36.7. The Labute approximate surface area is 302 Å². The summed E-state index contributed by atoms with van der Waals surface area (Å²) in [5.41, 5.74) is 12.9. The van der Waals surface area contributed by atoms with Crippen molar-refractivity contribution in [2.24, 2.45) is 0 Å². The van der Waals surface area contributed by atoms with Crippen LogP contribution in [0.15, 0.2) is 36.5 Å². The van der Waals surface area contributed by atoms with Crippen LogP contribution in [0.4, 0.5) is 14.9 Å². The van der Waals surface area contributed by atoms with Crippen LogP contribution in [-0.4, -0.2) is 78.6 Å². The highest BCUT2D eigenvalue weighted by Gasteiger charge is 2.51. The molecule has 1 amide bonds. The molecule has 268 valence electrons. The molecule has 50 heavy (non-hydrogen) atoms. The lowest BCUT2D eigenvalue weighted by atomic mass is 9.94. The topological polar surface area (TPSA) is 90.2 Å². The summed E-state index contributed by atoms with van der Waals surface area (Å²) >= 11 is 5.87. The lowest BCUT2D eigenvalue weighted by Gasteiger charge is -2.48. The Morgan fingerprint density at radius 2 is 1.78 bits per heavy atom. The Balaban J connectivity index is 1.55. The van der Waals surface area contributed by atoms with Crippen LogP contribution < -0.4 is 10.5 Å². The highest BCUT2D eigenvalue weighted by molar-refractivity contribution is 7.80. The predicted molar refractivity (Wildman–Crippen MR) is 206 cm³/mol. The molecule has 0 unspecified atom stereocenters. The fourth-order valence-corrected chi connectivity index (χ4v) is 13.5. The van der Waals surface area contributed by atoms with E-state index in [1.54, 1.807) is 24.3 Å². The number of anilines is 1. The van der Waals surface area contributed by atoms with Crippen LogP contribution in [0.2, 0.25) is 16.6 Å². The van der Waals surface area contributed by atoms with Crippen LogP contribution in [0.1, 0.15) is 79.9 Å². The van der Waals surface area contributed by atoms with E-state index < -0.39 is 19.5 Å². The number of rotatable bonds is 8. The molecule has 0 aliphatic carbocycles. The number of hydrogen-bond acceptors (Lipinski definition) is 7. The average Bonchev–Trinajstić information content (AvgIpc) is 3.35. The third-order valence-electron chi connectivity index (χ3n) is 10.3. The van der Waals surface area contributed by atoms with Gasteiger partial charge in [0.25, 0.3) is 0 Å². The Morgan fingerprint density at radius 3 is 2.40 bits per heavy atom. The molecule has 8 nitrogen and oxygen atoms in total. The standard InChI is InChI=1S/C39H51FN4O4SSi/c1-23(2)50(24(3)4,25(5)6)17-15-26-12-11-13-27-18-28(47-22-46-10)19-29(33(26)27)36-34(40)35(41)30(20-42-36)37(49)44-21-32-31(44)14-16-43(32)38(45)48-39(7,8)9/h11-13,18-20,23-25,31-32H,14,16,21-22H2,1-10H3,(H2,41,42)/t31-,32-/m1/s1. The van der Waals surface area contributed by atoms with E-state index in [4.69, 9.17) is 32.2 Å². The Kier molecular flexibility index (Phi) is 10.9. The third kappa shape index (κ3) is 6.94. The van der Waals surface area contributed by atoms with Gasteiger partial charge in [0.2, 0.25) is 0 Å². The number of nitrogens with zero attached hydrogens (tertiary/aromatic N) is 3. The van der Waals surface area contributed by atoms with E-state index >= 15 is 4.39 Å². The molecule has 0 bridgehead atoms. The number of methoxy groups -OCH3 is 1. The second-order valence-corrected chi connectivity index (χ2v) is 21.3. The summed E-state index contributed by atoms with van der Waals surface area (Å²) in [4.78, 5) is 21.7. The smallest absolute Gasteiger partial charge is 0.410 e. The van der Waals surface area contributed by atoms with Crippen LogP contribution >= 0.6 is 12.2 Å². The number of likely N-dealkylation sites (tertiary alicyclic amines) is 2. The zero-order valence-corrected chi connectivity index (χ0v) is 32.8. The van der Waals surface area contributed by atoms with E-state index in [1.807, 2.05) is 49.9 Å². The van der Waals surface area contributed by atoms with Gasteiger partial charge in [0, 0.05) is 42.9 Å². The largest absolute Gasteiger partial charge is 0.468 e. The fraction of sp³-hybridized carbons (Fsp3) is 0.513. The van der Waals surface area contributed by atoms with Crippen molar-refractivity contribution in [3.05, 3.63) is 53.5 Å². The van der Waals surface area contributed by atoms with Gasteiger partial charge in [0.1, 0.15) is 30.1 Å². The molecule has 0 radical (unpaired) electrons. The molecule has 3 aromatic rings. The van der Waals surface area contributed by atoms with E-state index in [0.717, 1.165) is 22.8 Å². The Hall–Kier alpha value is -3.72. The van der Waals surface area contributed by atoms with Crippen molar-refractivity contribution in [3.63, 3.8) is 0 Å².